The van der Waals surface area contributed by atoms with Gasteiger partial charge in [0.2, 0.25) is 0 Å². The van der Waals surface area contributed by atoms with Gasteiger partial charge < -0.3 is 15.6 Å². The predicted molar refractivity (Wildman–Crippen MR) is 67.8 cm³/mol. The first kappa shape index (κ1) is 12.1. The maximum Gasteiger partial charge on any atom is 0.269 e. The summed E-state index contributed by atoms with van der Waals surface area (Å²) in [7, 11) is 0. The van der Waals surface area contributed by atoms with E-state index >= 15 is 0 Å². The Bertz CT molecular complexity index is 509. The zero-order chi connectivity index (χ0) is 12.8. The van der Waals surface area contributed by atoms with E-state index in [1.807, 2.05) is 10.8 Å². The summed E-state index contributed by atoms with van der Waals surface area (Å²) in [4.78, 5) is 19.6. The van der Waals surface area contributed by atoms with Gasteiger partial charge in [0, 0.05) is 25.5 Å². The van der Waals surface area contributed by atoms with E-state index in [1.165, 1.54) is 0 Å². The molecule has 0 fully saturated rings. The van der Waals surface area contributed by atoms with Gasteiger partial charge in [0.25, 0.3) is 5.91 Å². The third-order valence-electron chi connectivity index (χ3n) is 2.44. The molecule has 6 heteroatoms. The van der Waals surface area contributed by atoms with Crippen LogP contribution in [0, 0.1) is 0 Å². The van der Waals surface area contributed by atoms with Gasteiger partial charge in [-0.3, -0.25) is 4.79 Å². The fraction of sp³-hybridized carbons (Fsp3) is 0.250. The third kappa shape index (κ3) is 3.31. The number of anilines is 1. The maximum absolute atomic E-state index is 11.7. The Morgan fingerprint density at radius 1 is 1.44 bits per heavy atom. The van der Waals surface area contributed by atoms with Gasteiger partial charge >= 0.3 is 0 Å². The molecule has 3 N–H and O–H groups in total. The SMILES string of the molecule is Nc1cccc(C(=O)NCCCn2ccnc2)n1. The smallest absolute Gasteiger partial charge is 0.269 e. The summed E-state index contributed by atoms with van der Waals surface area (Å²) >= 11 is 0. The molecule has 0 spiro atoms. The molecule has 6 nitrogen and oxygen atoms in total. The minimum Gasteiger partial charge on any atom is -0.384 e. The normalized spacial score (nSPS) is 10.2. The number of carbonyl (C=O) groups is 1. The Labute approximate surface area is 105 Å². The maximum atomic E-state index is 11.7. The quantitative estimate of drug-likeness (QED) is 0.758. The Kier molecular flexibility index (Phi) is 3.90. The van der Waals surface area contributed by atoms with E-state index in [0.717, 1.165) is 13.0 Å². The second kappa shape index (κ2) is 5.81. The van der Waals surface area contributed by atoms with Crippen molar-refractivity contribution in [3.63, 3.8) is 0 Å². The number of aromatic nitrogens is 3. The monoisotopic (exact) mass is 245 g/mol. The second-order valence-electron chi connectivity index (χ2n) is 3.86. The highest BCUT2D eigenvalue weighted by atomic mass is 16.1. The number of hydrogen-bond donors (Lipinski definition) is 2. The van der Waals surface area contributed by atoms with Gasteiger partial charge in [-0.2, -0.15) is 0 Å². The second-order valence-corrected chi connectivity index (χ2v) is 3.86. The fourth-order valence-corrected chi connectivity index (χ4v) is 1.55. The minimum atomic E-state index is -0.201. The van der Waals surface area contributed by atoms with Crippen molar-refractivity contribution in [2.45, 2.75) is 13.0 Å². The molecule has 18 heavy (non-hydrogen) atoms. The van der Waals surface area contributed by atoms with Crippen LogP contribution in [0.4, 0.5) is 5.82 Å². The number of nitrogen functional groups attached to an aromatic ring is 1. The number of aryl methyl sites for hydroxylation is 1. The van der Waals surface area contributed by atoms with Gasteiger partial charge in [0.1, 0.15) is 11.5 Å². The molecule has 2 aromatic heterocycles. The number of amides is 1. The molecule has 0 aromatic carbocycles. The van der Waals surface area contributed by atoms with E-state index < -0.39 is 0 Å². The van der Waals surface area contributed by atoms with Gasteiger partial charge in [-0.05, 0) is 18.6 Å². The zero-order valence-corrected chi connectivity index (χ0v) is 9.91. The average Bonchev–Trinajstić information content (AvgIpc) is 2.87. The highest BCUT2D eigenvalue weighted by molar-refractivity contribution is 5.92. The molecule has 2 aromatic rings. The van der Waals surface area contributed by atoms with Crippen LogP contribution in [0.2, 0.25) is 0 Å². The molecular weight excluding hydrogens is 230 g/mol. The largest absolute Gasteiger partial charge is 0.384 e. The summed E-state index contributed by atoms with van der Waals surface area (Å²) in [6.45, 7) is 1.41. The first-order valence-electron chi connectivity index (χ1n) is 5.72. The van der Waals surface area contributed by atoms with Gasteiger partial charge in [0.15, 0.2) is 0 Å². The number of carbonyl (C=O) groups excluding carboxylic acids is 1. The molecule has 0 bridgehead atoms. The highest BCUT2D eigenvalue weighted by Crippen LogP contribution is 2.00. The lowest BCUT2D eigenvalue weighted by Gasteiger charge is -2.05. The first-order chi connectivity index (χ1) is 8.75. The number of nitrogens with two attached hydrogens (primary N) is 1. The molecule has 0 aliphatic rings. The highest BCUT2D eigenvalue weighted by Gasteiger charge is 2.05. The van der Waals surface area contributed by atoms with Crippen LogP contribution in [0.15, 0.2) is 36.9 Å². The molecular formula is C12H15N5O. The van der Waals surface area contributed by atoms with Crippen LogP contribution in [0.25, 0.3) is 0 Å². The molecule has 1 amide bonds. The Balaban J connectivity index is 1.75. The van der Waals surface area contributed by atoms with Crippen molar-refractivity contribution >= 4 is 11.7 Å². The van der Waals surface area contributed by atoms with Crippen molar-refractivity contribution in [1.82, 2.24) is 19.9 Å². The van der Waals surface area contributed by atoms with Gasteiger partial charge in [0.05, 0.1) is 6.33 Å². The van der Waals surface area contributed by atoms with Gasteiger partial charge in [-0.25, -0.2) is 9.97 Å². The Morgan fingerprint density at radius 2 is 2.33 bits per heavy atom. The lowest BCUT2D eigenvalue weighted by molar-refractivity contribution is 0.0948. The van der Waals surface area contributed by atoms with Crippen molar-refractivity contribution in [3.8, 4) is 0 Å². The van der Waals surface area contributed by atoms with E-state index in [1.54, 1.807) is 30.7 Å². The van der Waals surface area contributed by atoms with Crippen molar-refractivity contribution < 1.29 is 4.79 Å². The van der Waals surface area contributed by atoms with E-state index in [0.29, 0.717) is 18.1 Å². The van der Waals surface area contributed by atoms with Crippen molar-refractivity contribution in [2.24, 2.45) is 0 Å². The van der Waals surface area contributed by atoms with E-state index in [9.17, 15) is 4.79 Å². The molecule has 0 saturated carbocycles. The number of hydrogen-bond acceptors (Lipinski definition) is 4. The fourth-order valence-electron chi connectivity index (χ4n) is 1.55. The summed E-state index contributed by atoms with van der Waals surface area (Å²) in [6.07, 6.45) is 6.21. The van der Waals surface area contributed by atoms with Gasteiger partial charge in [-0.1, -0.05) is 6.07 Å². The number of rotatable bonds is 5. The number of nitrogens with one attached hydrogen (secondary N) is 1. The van der Waals surface area contributed by atoms with E-state index in [2.05, 4.69) is 15.3 Å². The van der Waals surface area contributed by atoms with E-state index in [4.69, 9.17) is 5.73 Å². The summed E-state index contributed by atoms with van der Waals surface area (Å²) in [5.41, 5.74) is 5.86. The van der Waals surface area contributed by atoms with Crippen LogP contribution < -0.4 is 11.1 Å². The predicted octanol–water partition coefficient (Wildman–Crippen LogP) is 0.680. The first-order valence-corrected chi connectivity index (χ1v) is 5.72. The molecule has 0 atom stereocenters. The van der Waals surface area contributed by atoms with Crippen LogP contribution in [0.5, 0.6) is 0 Å². The summed E-state index contributed by atoms with van der Waals surface area (Å²) < 4.78 is 1.96. The third-order valence-corrected chi connectivity index (χ3v) is 2.44. The molecule has 0 unspecified atom stereocenters. The molecule has 2 heterocycles. The molecule has 0 radical (unpaired) electrons. The molecule has 2 rings (SSSR count). The van der Waals surface area contributed by atoms with Gasteiger partial charge in [-0.15, -0.1) is 0 Å². The molecule has 0 aliphatic carbocycles. The minimum absolute atomic E-state index is 0.201. The van der Waals surface area contributed by atoms with Crippen LogP contribution in [0.1, 0.15) is 16.9 Å². The van der Waals surface area contributed by atoms with Crippen molar-refractivity contribution in [2.75, 3.05) is 12.3 Å². The Morgan fingerprint density at radius 3 is 3.06 bits per heavy atom. The zero-order valence-electron chi connectivity index (χ0n) is 9.91. The molecule has 94 valence electrons. The summed E-state index contributed by atoms with van der Waals surface area (Å²) in [5, 5.41) is 2.80. The van der Waals surface area contributed by atoms with Crippen molar-refractivity contribution in [1.29, 1.82) is 0 Å². The van der Waals surface area contributed by atoms with Crippen molar-refractivity contribution in [3.05, 3.63) is 42.6 Å². The van der Waals surface area contributed by atoms with Crippen LogP contribution in [0.3, 0.4) is 0 Å². The number of imidazole rings is 1. The standard InChI is InChI=1S/C12H15N5O/c13-11-4-1-3-10(16-11)12(18)15-5-2-7-17-8-6-14-9-17/h1,3-4,6,8-9H,2,5,7H2,(H2,13,16)(H,15,18). The molecule has 0 saturated heterocycles. The summed E-state index contributed by atoms with van der Waals surface area (Å²) in [5.74, 6) is 0.147. The lowest BCUT2D eigenvalue weighted by Crippen LogP contribution is -2.26. The van der Waals surface area contributed by atoms with E-state index in [-0.39, 0.29) is 5.91 Å². The number of pyridine rings is 1. The Hall–Kier alpha value is -2.37. The van der Waals surface area contributed by atoms with Crippen LogP contribution >= 0.6 is 0 Å². The molecule has 0 aliphatic heterocycles. The average molecular weight is 245 g/mol. The topological polar surface area (TPSA) is 85.8 Å². The van der Waals surface area contributed by atoms with Crippen LogP contribution in [-0.2, 0) is 6.54 Å². The lowest BCUT2D eigenvalue weighted by atomic mass is 10.3. The van der Waals surface area contributed by atoms with Crippen LogP contribution in [-0.4, -0.2) is 27.0 Å². The summed E-state index contributed by atoms with van der Waals surface area (Å²) in [6, 6.07) is 5.00. The number of nitrogens with zero attached hydrogens (tertiary/aromatic N) is 3.